The van der Waals surface area contributed by atoms with E-state index in [4.69, 9.17) is 0 Å². The zero-order valence-corrected chi connectivity index (χ0v) is 20.7. The minimum absolute atomic E-state index is 0. The molecular formula is C21H34NNaO5S. The number of unbranched alkanes of at least 4 members (excludes halogenated alkanes) is 8. The van der Waals surface area contributed by atoms with Crippen LogP contribution in [0.15, 0.2) is 23.1 Å². The van der Waals surface area contributed by atoms with Crippen LogP contribution < -0.4 is 34.9 Å². The fourth-order valence-corrected chi connectivity index (χ4v) is 3.72. The fourth-order valence-electron chi connectivity index (χ4n) is 3.13. The molecule has 0 spiro atoms. The number of Topliss-reactive ketones (excluding diaryl/α,β-unsaturated/α-hetero) is 1. The topological polar surface area (TPSA) is 107 Å². The molecule has 0 aliphatic heterocycles. The minimum atomic E-state index is -4.80. The largest absolute Gasteiger partial charge is 1.00 e. The summed E-state index contributed by atoms with van der Waals surface area (Å²) in [6, 6.07) is 3.65. The van der Waals surface area contributed by atoms with E-state index in [1.807, 2.05) is 0 Å². The quantitative estimate of drug-likeness (QED) is 0.176. The van der Waals surface area contributed by atoms with Gasteiger partial charge in [-0.15, -0.1) is 0 Å². The van der Waals surface area contributed by atoms with Gasteiger partial charge in [0.25, 0.3) is 0 Å². The molecule has 0 atom stereocenters. The molecule has 1 aromatic rings. The van der Waals surface area contributed by atoms with Gasteiger partial charge in [0, 0.05) is 6.42 Å². The molecule has 0 unspecified atom stereocenters. The Balaban J connectivity index is 0.00000784. The van der Waals surface area contributed by atoms with Crippen molar-refractivity contribution in [3.05, 3.63) is 23.8 Å². The van der Waals surface area contributed by atoms with Gasteiger partial charge in [-0.3, -0.25) is 4.79 Å². The van der Waals surface area contributed by atoms with Crippen LogP contribution in [0, 0.1) is 0 Å². The van der Waals surface area contributed by atoms with Crippen LogP contribution >= 0.6 is 0 Å². The number of hydrogen-bond acceptors (Lipinski definition) is 6. The van der Waals surface area contributed by atoms with Crippen molar-refractivity contribution in [3.8, 4) is 5.75 Å². The first kappa shape index (κ1) is 28.6. The van der Waals surface area contributed by atoms with E-state index in [0.717, 1.165) is 32.0 Å². The van der Waals surface area contributed by atoms with Gasteiger partial charge in [0.2, 0.25) is 0 Å². The van der Waals surface area contributed by atoms with E-state index < -0.39 is 20.8 Å². The average molecular weight is 436 g/mol. The molecule has 0 radical (unpaired) electrons. The molecule has 0 heterocycles. The van der Waals surface area contributed by atoms with E-state index in [-0.39, 0.29) is 47.3 Å². The third-order valence-corrected chi connectivity index (χ3v) is 5.65. The zero-order chi connectivity index (χ0) is 20.8. The Labute approximate surface area is 197 Å². The first-order valence-electron chi connectivity index (χ1n) is 10.4. The Hall–Kier alpha value is -0.440. The predicted octanol–water partition coefficient (Wildman–Crippen LogP) is 1.38. The van der Waals surface area contributed by atoms with Crippen LogP contribution in [0.5, 0.6) is 5.75 Å². The first-order valence-corrected chi connectivity index (χ1v) is 11.8. The van der Waals surface area contributed by atoms with E-state index >= 15 is 0 Å². The summed E-state index contributed by atoms with van der Waals surface area (Å²) in [6.07, 6.45) is 11.8. The molecule has 8 heteroatoms. The van der Waals surface area contributed by atoms with Gasteiger partial charge in [-0.05, 0) is 44.5 Å². The van der Waals surface area contributed by atoms with Crippen molar-refractivity contribution in [2.75, 3.05) is 13.1 Å². The molecule has 1 rings (SSSR count). The Bertz CT molecular complexity index is 694. The molecule has 2 N–H and O–H groups in total. The number of nitrogens with one attached hydrogen (secondary N) is 1. The van der Waals surface area contributed by atoms with Gasteiger partial charge in [-0.2, -0.15) is 0 Å². The number of phenols is 1. The minimum Gasteiger partial charge on any atom is -0.744 e. The van der Waals surface area contributed by atoms with Crippen molar-refractivity contribution in [3.63, 3.8) is 0 Å². The number of hydrogen-bond donors (Lipinski definition) is 2. The van der Waals surface area contributed by atoms with Crippen LogP contribution in [0.25, 0.3) is 0 Å². The summed E-state index contributed by atoms with van der Waals surface area (Å²) < 4.78 is 33.2. The van der Waals surface area contributed by atoms with Crippen LogP contribution in [0.1, 0.15) is 87.9 Å². The fraction of sp³-hybridized carbons (Fsp3) is 0.667. The second-order valence-corrected chi connectivity index (χ2v) is 8.56. The molecule has 0 aliphatic rings. The first-order chi connectivity index (χ1) is 13.4. The Morgan fingerprint density at radius 2 is 1.52 bits per heavy atom. The molecule has 160 valence electrons. The number of aromatic hydroxyl groups is 1. The second-order valence-electron chi connectivity index (χ2n) is 7.21. The molecule has 0 amide bonds. The van der Waals surface area contributed by atoms with Crippen LogP contribution in [-0.4, -0.2) is 36.9 Å². The van der Waals surface area contributed by atoms with E-state index in [0.29, 0.717) is 6.42 Å². The molecule has 1 aromatic carbocycles. The van der Waals surface area contributed by atoms with Gasteiger partial charge in [0.05, 0.1) is 10.5 Å². The van der Waals surface area contributed by atoms with E-state index in [1.54, 1.807) is 0 Å². The molecule has 0 saturated carbocycles. The zero-order valence-electron chi connectivity index (χ0n) is 17.9. The van der Waals surface area contributed by atoms with Gasteiger partial charge < -0.3 is 15.0 Å². The van der Waals surface area contributed by atoms with Gasteiger partial charge in [0.15, 0.2) is 5.78 Å². The van der Waals surface area contributed by atoms with Crippen molar-refractivity contribution < 1.29 is 52.4 Å². The number of para-hydroxylation sites is 1. The predicted molar refractivity (Wildman–Crippen MR) is 110 cm³/mol. The molecule has 0 fully saturated rings. The number of phenolic OH excluding ortho intramolecular Hbond substituents is 1. The number of carbonyl (C=O) groups excluding carboxylic acids is 1. The maximum absolute atomic E-state index is 12.2. The Kier molecular flexibility index (Phi) is 16.0. The summed E-state index contributed by atoms with van der Waals surface area (Å²) in [5.41, 5.74) is -0.103. The van der Waals surface area contributed by atoms with Gasteiger partial charge in [-0.25, -0.2) is 8.42 Å². The van der Waals surface area contributed by atoms with Crippen LogP contribution in [0.4, 0.5) is 0 Å². The summed E-state index contributed by atoms with van der Waals surface area (Å²) >= 11 is 0. The molecule has 0 aliphatic carbocycles. The van der Waals surface area contributed by atoms with Gasteiger partial charge in [0.1, 0.15) is 15.9 Å². The second kappa shape index (κ2) is 16.3. The SMILES string of the molecule is CCCCCCCCCNCCCCCC(=O)c1cccc(S(=O)(=O)[O-])c1O.[Na+]. The van der Waals surface area contributed by atoms with Crippen LogP contribution in [0.3, 0.4) is 0 Å². The molecule has 6 nitrogen and oxygen atoms in total. The van der Waals surface area contributed by atoms with Crippen molar-refractivity contribution in [1.82, 2.24) is 5.32 Å². The molecule has 29 heavy (non-hydrogen) atoms. The van der Waals surface area contributed by atoms with Crippen LogP contribution in [0.2, 0.25) is 0 Å². The van der Waals surface area contributed by atoms with E-state index in [2.05, 4.69) is 12.2 Å². The van der Waals surface area contributed by atoms with Crippen LogP contribution in [-0.2, 0) is 10.1 Å². The van der Waals surface area contributed by atoms with Crippen molar-refractivity contribution in [1.29, 1.82) is 0 Å². The van der Waals surface area contributed by atoms with Crippen molar-refractivity contribution in [2.45, 2.75) is 82.4 Å². The molecule has 0 aromatic heterocycles. The monoisotopic (exact) mass is 435 g/mol. The van der Waals surface area contributed by atoms with Gasteiger partial charge in [-0.1, -0.05) is 57.9 Å². The third kappa shape index (κ3) is 12.1. The van der Waals surface area contributed by atoms with Crippen molar-refractivity contribution in [2.24, 2.45) is 0 Å². The maximum Gasteiger partial charge on any atom is 1.00 e. The Morgan fingerprint density at radius 1 is 0.966 bits per heavy atom. The summed E-state index contributed by atoms with van der Waals surface area (Å²) in [5.74, 6) is -1.09. The number of ketones is 1. The summed E-state index contributed by atoms with van der Waals surface area (Å²) in [5, 5.41) is 13.3. The smallest absolute Gasteiger partial charge is 0.744 e. The summed E-state index contributed by atoms with van der Waals surface area (Å²) in [4.78, 5) is 11.4. The van der Waals surface area contributed by atoms with E-state index in [1.165, 1.54) is 57.1 Å². The third-order valence-electron chi connectivity index (χ3n) is 4.78. The average Bonchev–Trinajstić information content (AvgIpc) is 2.64. The normalized spacial score (nSPS) is 11.2. The summed E-state index contributed by atoms with van der Waals surface area (Å²) in [6.45, 7) is 4.17. The number of carbonyl (C=O) groups is 1. The number of benzene rings is 1. The molecule has 0 saturated heterocycles. The van der Waals surface area contributed by atoms with Gasteiger partial charge >= 0.3 is 29.6 Å². The van der Waals surface area contributed by atoms with E-state index in [9.17, 15) is 22.9 Å². The molecular weight excluding hydrogens is 401 g/mol. The Morgan fingerprint density at radius 3 is 2.10 bits per heavy atom. The standard InChI is InChI=1S/C21H35NO5S.Na/c1-2-3-4-5-6-7-10-16-22-17-11-8-9-14-19(23)18-13-12-15-20(21(18)24)28(25,26)27;/h12-13,15,22,24H,2-11,14,16-17H2,1H3,(H,25,26,27);/q;+1/p-1. The maximum atomic E-state index is 12.2. The van der Waals surface area contributed by atoms with Crippen molar-refractivity contribution >= 4 is 15.9 Å². The molecule has 0 bridgehead atoms. The summed E-state index contributed by atoms with van der Waals surface area (Å²) in [7, 11) is -4.80. The number of rotatable bonds is 16.